The molecule has 1 atom stereocenters. The van der Waals surface area contributed by atoms with E-state index in [9.17, 15) is 0 Å². The van der Waals surface area contributed by atoms with Crippen LogP contribution in [-0.2, 0) is 4.84 Å². The van der Waals surface area contributed by atoms with Gasteiger partial charge in [-0.25, -0.2) is 0 Å². The quantitative estimate of drug-likeness (QED) is 0.735. The molecule has 4 rings (SSSR count). The molecule has 0 radical (unpaired) electrons. The molecule has 0 aromatic heterocycles. The first kappa shape index (κ1) is 10.6. The molecule has 1 aliphatic heterocycles. The molecule has 3 aliphatic rings. The van der Waals surface area contributed by atoms with Gasteiger partial charge in [0.1, 0.15) is 5.60 Å². The number of hydrogen-bond acceptors (Lipinski definition) is 2. The van der Waals surface area contributed by atoms with E-state index in [-0.39, 0.29) is 5.60 Å². The molecule has 0 N–H and O–H groups in total. The summed E-state index contributed by atoms with van der Waals surface area (Å²) in [5.74, 6) is 0. The van der Waals surface area contributed by atoms with E-state index in [1.54, 1.807) is 0 Å². The lowest BCUT2D eigenvalue weighted by Crippen LogP contribution is -2.14. The zero-order valence-electron chi connectivity index (χ0n) is 11.3. The zero-order valence-corrected chi connectivity index (χ0v) is 11.3. The highest BCUT2D eigenvalue weighted by atomic mass is 16.7. The van der Waals surface area contributed by atoms with Gasteiger partial charge in [0, 0.05) is 23.8 Å². The third-order valence-electron chi connectivity index (χ3n) is 5.07. The first-order chi connectivity index (χ1) is 8.55. The number of rotatable bonds is 1. The van der Waals surface area contributed by atoms with Crippen LogP contribution < -0.4 is 0 Å². The molecule has 18 heavy (non-hydrogen) atoms. The molecule has 0 saturated heterocycles. The maximum atomic E-state index is 5.82. The highest BCUT2D eigenvalue weighted by molar-refractivity contribution is 6.04. The number of fused-ring (bicyclic) bond motifs is 1. The lowest BCUT2D eigenvalue weighted by Gasteiger charge is -2.10. The first-order valence-corrected chi connectivity index (χ1v) is 6.89. The minimum Gasteiger partial charge on any atom is -0.388 e. The van der Waals surface area contributed by atoms with E-state index in [2.05, 4.69) is 38.1 Å². The van der Waals surface area contributed by atoms with Crippen LogP contribution in [0.1, 0.15) is 47.9 Å². The van der Waals surface area contributed by atoms with Crippen LogP contribution in [0.3, 0.4) is 0 Å². The average Bonchev–Trinajstić information content (AvgIpc) is 3.11. The average molecular weight is 241 g/mol. The predicted octanol–water partition coefficient (Wildman–Crippen LogP) is 3.66. The molecular formula is C16H19NO. The molecule has 2 aliphatic carbocycles. The minimum absolute atomic E-state index is 0.103. The summed E-state index contributed by atoms with van der Waals surface area (Å²) >= 11 is 0. The summed E-state index contributed by atoms with van der Waals surface area (Å²) in [4.78, 5) is 5.82. The van der Waals surface area contributed by atoms with Crippen LogP contribution in [0.15, 0.2) is 17.3 Å². The Morgan fingerprint density at radius 1 is 1.11 bits per heavy atom. The fourth-order valence-corrected chi connectivity index (χ4v) is 3.91. The smallest absolute Gasteiger partial charge is 0.149 e. The lowest BCUT2D eigenvalue weighted by molar-refractivity contribution is 0.0476. The minimum atomic E-state index is 0.103. The summed E-state index contributed by atoms with van der Waals surface area (Å²) in [5, 5.41) is 4.42. The summed E-state index contributed by atoms with van der Waals surface area (Å²) in [5.41, 5.74) is 7.12. The summed E-state index contributed by atoms with van der Waals surface area (Å²) in [7, 11) is 0. The fourth-order valence-electron chi connectivity index (χ4n) is 3.91. The first-order valence-electron chi connectivity index (χ1n) is 6.89. The molecule has 1 aromatic carbocycles. The van der Waals surface area contributed by atoms with Gasteiger partial charge >= 0.3 is 0 Å². The third-order valence-corrected chi connectivity index (χ3v) is 5.07. The van der Waals surface area contributed by atoms with Gasteiger partial charge in [-0.3, -0.25) is 0 Å². The summed E-state index contributed by atoms with van der Waals surface area (Å²) in [6, 6.07) is 4.49. The van der Waals surface area contributed by atoms with Crippen LogP contribution >= 0.6 is 0 Å². The molecule has 2 spiro atoms. The molecule has 2 saturated carbocycles. The summed E-state index contributed by atoms with van der Waals surface area (Å²) in [6.07, 6.45) is 4.96. The summed E-state index contributed by atoms with van der Waals surface area (Å²) in [6.45, 7) is 6.52. The molecular weight excluding hydrogens is 222 g/mol. The zero-order chi connectivity index (χ0) is 12.5. The van der Waals surface area contributed by atoms with Gasteiger partial charge < -0.3 is 4.84 Å². The van der Waals surface area contributed by atoms with E-state index in [1.807, 2.05) is 0 Å². The Morgan fingerprint density at radius 2 is 1.78 bits per heavy atom. The van der Waals surface area contributed by atoms with Crippen molar-refractivity contribution >= 4 is 5.71 Å². The van der Waals surface area contributed by atoms with Crippen LogP contribution in [0.2, 0.25) is 0 Å². The van der Waals surface area contributed by atoms with Crippen molar-refractivity contribution < 1.29 is 4.84 Å². The van der Waals surface area contributed by atoms with E-state index in [0.29, 0.717) is 5.41 Å². The van der Waals surface area contributed by atoms with Crippen molar-refractivity contribution in [2.75, 3.05) is 0 Å². The van der Waals surface area contributed by atoms with Gasteiger partial charge in [-0.1, -0.05) is 22.9 Å². The van der Waals surface area contributed by atoms with Crippen LogP contribution in [0.5, 0.6) is 0 Å². The van der Waals surface area contributed by atoms with Crippen molar-refractivity contribution in [2.24, 2.45) is 10.6 Å². The van der Waals surface area contributed by atoms with Gasteiger partial charge in [0.05, 0.1) is 5.71 Å². The molecule has 94 valence electrons. The number of aryl methyl sites for hydroxylation is 3. The highest BCUT2D eigenvalue weighted by Gasteiger charge is 2.78. The highest BCUT2D eigenvalue weighted by Crippen LogP contribution is 2.77. The largest absolute Gasteiger partial charge is 0.388 e. The van der Waals surface area contributed by atoms with Gasteiger partial charge in [-0.2, -0.15) is 0 Å². The van der Waals surface area contributed by atoms with Crippen molar-refractivity contribution in [3.63, 3.8) is 0 Å². The molecule has 2 heteroatoms. The topological polar surface area (TPSA) is 21.6 Å². The van der Waals surface area contributed by atoms with Crippen LogP contribution in [-0.4, -0.2) is 11.3 Å². The third kappa shape index (κ3) is 1.21. The molecule has 2 nitrogen and oxygen atoms in total. The second-order valence-corrected chi connectivity index (χ2v) is 6.53. The normalized spacial score (nSPS) is 30.5. The predicted molar refractivity (Wildman–Crippen MR) is 71.9 cm³/mol. The number of oxime groups is 1. The second kappa shape index (κ2) is 2.98. The molecule has 0 bridgehead atoms. The van der Waals surface area contributed by atoms with Gasteiger partial charge in [0.15, 0.2) is 0 Å². The molecule has 2 fully saturated rings. The fraction of sp³-hybridized carbons (Fsp3) is 0.562. The Balaban J connectivity index is 1.69. The maximum Gasteiger partial charge on any atom is 0.149 e. The number of hydrogen-bond donors (Lipinski definition) is 0. The Labute approximate surface area is 108 Å². The number of benzene rings is 1. The van der Waals surface area contributed by atoms with E-state index >= 15 is 0 Å². The van der Waals surface area contributed by atoms with E-state index in [0.717, 1.165) is 6.42 Å². The Morgan fingerprint density at radius 3 is 2.33 bits per heavy atom. The van der Waals surface area contributed by atoms with Gasteiger partial charge in [0.25, 0.3) is 0 Å². The van der Waals surface area contributed by atoms with E-state index in [4.69, 9.17) is 4.84 Å². The van der Waals surface area contributed by atoms with Crippen molar-refractivity contribution in [1.29, 1.82) is 0 Å². The molecule has 1 unspecified atom stereocenters. The van der Waals surface area contributed by atoms with Gasteiger partial charge in [-0.05, 0) is 44.7 Å². The lowest BCUT2D eigenvalue weighted by atomic mass is 9.93. The second-order valence-electron chi connectivity index (χ2n) is 6.53. The SMILES string of the molecule is Cc1cc(C)c(C2=NOC3(C2)CC32CC2)c(C)c1. The Hall–Kier alpha value is -1.31. The van der Waals surface area contributed by atoms with E-state index < -0.39 is 0 Å². The van der Waals surface area contributed by atoms with Crippen molar-refractivity contribution in [3.8, 4) is 0 Å². The van der Waals surface area contributed by atoms with E-state index in [1.165, 1.54) is 47.2 Å². The van der Waals surface area contributed by atoms with Crippen molar-refractivity contribution in [2.45, 2.75) is 52.1 Å². The molecule has 1 heterocycles. The molecule has 1 aromatic rings. The molecule has 0 amide bonds. The van der Waals surface area contributed by atoms with Crippen LogP contribution in [0.4, 0.5) is 0 Å². The maximum absolute atomic E-state index is 5.82. The van der Waals surface area contributed by atoms with Crippen molar-refractivity contribution in [3.05, 3.63) is 34.4 Å². The summed E-state index contributed by atoms with van der Waals surface area (Å²) < 4.78 is 0. The van der Waals surface area contributed by atoms with Crippen LogP contribution in [0.25, 0.3) is 0 Å². The monoisotopic (exact) mass is 241 g/mol. The Kier molecular flexibility index (Phi) is 1.76. The van der Waals surface area contributed by atoms with Gasteiger partial charge in [0.2, 0.25) is 0 Å². The standard InChI is InChI=1S/C16H19NO/c1-10-6-11(2)14(12(3)7-10)13-8-16(18-17-13)9-15(16)4-5-15/h6-7H,4-5,8-9H2,1-3H3. The number of nitrogens with zero attached hydrogens (tertiary/aromatic N) is 1. The van der Waals surface area contributed by atoms with Gasteiger partial charge in [-0.15, -0.1) is 0 Å². The van der Waals surface area contributed by atoms with Crippen molar-refractivity contribution in [1.82, 2.24) is 0 Å². The van der Waals surface area contributed by atoms with Crippen LogP contribution in [0, 0.1) is 26.2 Å². The Bertz CT molecular complexity index is 560.